The number of carboxylic acid groups (broad SMARTS) is 1. The maximum atomic E-state index is 15.2. The first-order valence-electron chi connectivity index (χ1n) is 11.6. The molecule has 1 aliphatic rings. The van der Waals surface area contributed by atoms with Crippen molar-refractivity contribution in [3.05, 3.63) is 76.7 Å². The molecule has 0 spiro atoms. The third-order valence-corrected chi connectivity index (χ3v) is 7.32. The lowest BCUT2D eigenvalue weighted by Gasteiger charge is -2.30. The third-order valence-electron chi connectivity index (χ3n) is 6.25. The van der Waals surface area contributed by atoms with Gasteiger partial charge in [0, 0.05) is 23.2 Å². The van der Waals surface area contributed by atoms with E-state index in [-0.39, 0.29) is 39.0 Å². The highest BCUT2D eigenvalue weighted by atomic mass is 35.5. The van der Waals surface area contributed by atoms with Crippen LogP contribution >= 0.6 is 11.6 Å². The zero-order valence-electron chi connectivity index (χ0n) is 21.0. The summed E-state index contributed by atoms with van der Waals surface area (Å²) in [6, 6.07) is 10.4. The van der Waals surface area contributed by atoms with Crippen LogP contribution in [0.1, 0.15) is 36.7 Å². The minimum Gasteiger partial charge on any atom is -0.755 e. The van der Waals surface area contributed by atoms with Gasteiger partial charge in [0.05, 0.1) is 38.7 Å². The maximum Gasteiger partial charge on any atom is 0.586 e. The number of carbonyl (C=O) groups is 1. The number of nitrogens with zero attached hydrogens (tertiary/aromatic N) is 2. The zero-order chi connectivity index (χ0) is 29.1. The fraction of sp³-hybridized carbons (Fsp3) is 0.185. The molecule has 1 unspecified atom stereocenters. The standard InChI is InChI=1S/C27H20ClF3N2O6S/c1-26(2,3)17-9-6-13(11-18(17)29)33(40(36)37)19-12-20-24(39-27(30,31)38-20)22(28)21(19)14-7-8-16(25(34)35)23-15(14)5-4-10-32-23/h4-12H,1-3H3,(H,34,35)(H,36,37)/p-1. The SMILES string of the molecule is CC(C)(C)c1ccc(N(c2cc3c(c(Cl)c2-c2ccc(C(=O)O)c4ncccc24)OC(F)(F)O3)S(=O)[O-])cc1F. The van der Waals surface area contributed by atoms with Crippen LogP contribution in [0.3, 0.4) is 0 Å². The van der Waals surface area contributed by atoms with Crippen molar-refractivity contribution >= 4 is 51.1 Å². The molecule has 40 heavy (non-hydrogen) atoms. The number of benzene rings is 3. The van der Waals surface area contributed by atoms with E-state index in [2.05, 4.69) is 14.5 Å². The van der Waals surface area contributed by atoms with Crippen molar-refractivity contribution in [2.24, 2.45) is 0 Å². The predicted molar refractivity (Wildman–Crippen MR) is 142 cm³/mol. The van der Waals surface area contributed by atoms with Gasteiger partial charge in [0.15, 0.2) is 11.5 Å². The number of aromatic carboxylic acids is 1. The summed E-state index contributed by atoms with van der Waals surface area (Å²) in [5.74, 6) is -3.08. The van der Waals surface area contributed by atoms with E-state index < -0.39 is 51.3 Å². The molecular weight excluding hydrogens is 573 g/mol. The van der Waals surface area contributed by atoms with Crippen molar-refractivity contribution in [3.63, 3.8) is 0 Å². The summed E-state index contributed by atoms with van der Waals surface area (Å²) in [7, 11) is 0. The van der Waals surface area contributed by atoms with Gasteiger partial charge in [0.25, 0.3) is 0 Å². The molecule has 5 rings (SSSR count). The Balaban J connectivity index is 1.84. The molecule has 3 aromatic carbocycles. The lowest BCUT2D eigenvalue weighted by atomic mass is 9.86. The Morgan fingerprint density at radius 2 is 1.88 bits per heavy atom. The molecule has 0 bridgehead atoms. The molecule has 0 saturated carbocycles. The number of hydrogen-bond acceptors (Lipinski definition) is 6. The van der Waals surface area contributed by atoms with Gasteiger partial charge in [-0.1, -0.05) is 50.6 Å². The number of hydrogen-bond donors (Lipinski definition) is 1. The molecular formula is C27H19ClF3N2O6S-. The van der Waals surface area contributed by atoms with Crippen molar-refractivity contribution in [1.82, 2.24) is 4.98 Å². The number of carboxylic acids is 1. The van der Waals surface area contributed by atoms with Crippen LogP contribution in [-0.2, 0) is 16.7 Å². The molecule has 1 aromatic heterocycles. The summed E-state index contributed by atoms with van der Waals surface area (Å²) < 4.78 is 78.6. The molecule has 0 fully saturated rings. The van der Waals surface area contributed by atoms with Crippen molar-refractivity contribution in [1.29, 1.82) is 0 Å². The number of rotatable bonds is 5. The number of anilines is 2. The fourth-order valence-corrected chi connectivity index (χ4v) is 5.48. The fourth-order valence-electron chi connectivity index (χ4n) is 4.56. The van der Waals surface area contributed by atoms with E-state index in [1.165, 1.54) is 42.6 Å². The molecule has 0 amide bonds. The summed E-state index contributed by atoms with van der Waals surface area (Å²) in [4.78, 5) is 16.0. The molecule has 0 radical (unpaired) electrons. The van der Waals surface area contributed by atoms with Crippen LogP contribution in [0.2, 0.25) is 5.02 Å². The second-order valence-electron chi connectivity index (χ2n) is 9.87. The largest absolute Gasteiger partial charge is 0.755 e. The molecule has 8 nitrogen and oxygen atoms in total. The predicted octanol–water partition coefficient (Wildman–Crippen LogP) is 6.94. The summed E-state index contributed by atoms with van der Waals surface area (Å²) in [5.41, 5.74) is -0.821. The third kappa shape index (κ3) is 4.72. The topological polar surface area (TPSA) is 112 Å². The van der Waals surface area contributed by atoms with Gasteiger partial charge in [-0.15, -0.1) is 8.78 Å². The first kappa shape index (κ1) is 27.7. The second kappa shape index (κ2) is 9.65. The maximum absolute atomic E-state index is 15.2. The Kier molecular flexibility index (Phi) is 6.68. The van der Waals surface area contributed by atoms with Gasteiger partial charge in [0.1, 0.15) is 5.82 Å². The minimum absolute atomic E-state index is 0.0351. The lowest BCUT2D eigenvalue weighted by molar-refractivity contribution is -0.286. The number of pyridine rings is 1. The van der Waals surface area contributed by atoms with E-state index in [9.17, 15) is 27.4 Å². The summed E-state index contributed by atoms with van der Waals surface area (Å²) in [6.45, 7) is 5.35. The quantitative estimate of drug-likeness (QED) is 0.250. The van der Waals surface area contributed by atoms with Gasteiger partial charge in [-0.05, 0) is 40.8 Å². The normalized spacial score (nSPS) is 14.8. The molecule has 1 aliphatic heterocycles. The van der Waals surface area contributed by atoms with Gasteiger partial charge < -0.3 is 19.1 Å². The molecule has 13 heteroatoms. The van der Waals surface area contributed by atoms with Crippen molar-refractivity contribution in [2.45, 2.75) is 32.5 Å². The first-order chi connectivity index (χ1) is 18.7. The summed E-state index contributed by atoms with van der Waals surface area (Å²) >= 11 is 3.47. The van der Waals surface area contributed by atoms with Crippen molar-refractivity contribution in [3.8, 4) is 22.6 Å². The van der Waals surface area contributed by atoms with E-state index in [1.54, 1.807) is 20.8 Å². The van der Waals surface area contributed by atoms with Crippen LogP contribution in [0.25, 0.3) is 22.0 Å². The van der Waals surface area contributed by atoms with E-state index in [0.29, 0.717) is 9.87 Å². The van der Waals surface area contributed by atoms with Crippen LogP contribution in [-0.4, -0.2) is 31.1 Å². The molecule has 0 saturated heterocycles. The smallest absolute Gasteiger partial charge is 0.586 e. The van der Waals surface area contributed by atoms with E-state index in [4.69, 9.17) is 11.6 Å². The minimum atomic E-state index is -4.10. The van der Waals surface area contributed by atoms with Gasteiger partial charge in [-0.2, -0.15) is 0 Å². The highest BCUT2D eigenvalue weighted by molar-refractivity contribution is 7.81. The zero-order valence-corrected chi connectivity index (χ0v) is 22.6. The van der Waals surface area contributed by atoms with Crippen LogP contribution in [0, 0.1) is 5.82 Å². The molecule has 2 heterocycles. The average molecular weight is 592 g/mol. The van der Waals surface area contributed by atoms with E-state index >= 15 is 4.39 Å². The monoisotopic (exact) mass is 591 g/mol. The average Bonchev–Trinajstić information content (AvgIpc) is 3.17. The molecule has 4 aromatic rings. The van der Waals surface area contributed by atoms with Crippen molar-refractivity contribution < 1.29 is 41.3 Å². The summed E-state index contributed by atoms with van der Waals surface area (Å²) in [6.07, 6.45) is -2.74. The van der Waals surface area contributed by atoms with Crippen LogP contribution in [0.15, 0.2) is 54.7 Å². The Labute approximate surface area is 233 Å². The first-order valence-corrected chi connectivity index (χ1v) is 13.0. The summed E-state index contributed by atoms with van der Waals surface area (Å²) in [5, 5.41) is 9.42. The Morgan fingerprint density at radius 1 is 1.15 bits per heavy atom. The van der Waals surface area contributed by atoms with Crippen LogP contribution in [0.4, 0.5) is 24.5 Å². The highest BCUT2D eigenvalue weighted by Crippen LogP contribution is 2.55. The molecule has 208 valence electrons. The van der Waals surface area contributed by atoms with Gasteiger partial charge in [-0.3, -0.25) is 13.5 Å². The van der Waals surface area contributed by atoms with Gasteiger partial charge in [0.2, 0.25) is 0 Å². The Bertz CT molecular complexity index is 1730. The van der Waals surface area contributed by atoms with Crippen LogP contribution < -0.4 is 13.8 Å². The van der Waals surface area contributed by atoms with Gasteiger partial charge >= 0.3 is 12.3 Å². The lowest BCUT2D eigenvalue weighted by Crippen LogP contribution is -2.26. The Hall–Kier alpha value is -3.87. The van der Waals surface area contributed by atoms with Crippen LogP contribution in [0.5, 0.6) is 11.5 Å². The van der Waals surface area contributed by atoms with E-state index in [0.717, 1.165) is 12.1 Å². The number of ether oxygens (including phenoxy) is 2. The molecule has 1 atom stereocenters. The molecule has 0 aliphatic carbocycles. The second-order valence-corrected chi connectivity index (χ2v) is 11.0. The molecule has 1 N–H and O–H groups in total. The van der Waals surface area contributed by atoms with E-state index in [1.807, 2.05) is 0 Å². The Morgan fingerprint density at radius 3 is 2.50 bits per heavy atom. The van der Waals surface area contributed by atoms with Gasteiger partial charge in [-0.25, -0.2) is 9.18 Å². The number of alkyl halides is 2. The number of aromatic nitrogens is 1. The number of halogens is 4. The number of fused-ring (bicyclic) bond motifs is 2. The highest BCUT2D eigenvalue weighted by Gasteiger charge is 2.46. The van der Waals surface area contributed by atoms with Crippen molar-refractivity contribution in [2.75, 3.05) is 4.31 Å².